The molecular formula is C25H26FN3O4S. The molecule has 0 N–H and O–H groups in total. The molecule has 3 aromatic rings. The van der Waals surface area contributed by atoms with Crippen molar-refractivity contribution in [2.24, 2.45) is 0 Å². The standard InChI is InChI=1S/C25H26FN3O4S/c1-27(34(31,32)22-13-11-21(33-2)12-14-22)20-9-7-19(8-10-20)25(30)29-17-15-28(16-18-29)24-6-4-3-5-23(24)26/h3-14H,15-18H2,1-2H3. The van der Waals surface area contributed by atoms with Gasteiger partial charge in [-0.3, -0.25) is 9.10 Å². The highest BCUT2D eigenvalue weighted by Crippen LogP contribution is 2.25. The smallest absolute Gasteiger partial charge is 0.264 e. The largest absolute Gasteiger partial charge is 0.497 e. The van der Waals surface area contributed by atoms with Crippen LogP contribution in [0.5, 0.6) is 5.75 Å². The van der Waals surface area contributed by atoms with Crippen molar-refractivity contribution in [3.05, 3.63) is 84.2 Å². The third kappa shape index (κ3) is 4.70. The number of hydrogen-bond donors (Lipinski definition) is 0. The van der Waals surface area contributed by atoms with Crippen LogP contribution >= 0.6 is 0 Å². The number of piperazine rings is 1. The van der Waals surface area contributed by atoms with Crippen molar-refractivity contribution >= 4 is 27.3 Å². The Morgan fingerprint density at radius 2 is 1.53 bits per heavy atom. The maximum absolute atomic E-state index is 14.0. The van der Waals surface area contributed by atoms with E-state index in [9.17, 15) is 17.6 Å². The molecule has 0 bridgehead atoms. The van der Waals surface area contributed by atoms with E-state index in [2.05, 4.69) is 0 Å². The molecule has 1 heterocycles. The molecule has 178 valence electrons. The van der Waals surface area contributed by atoms with E-state index in [0.717, 1.165) is 0 Å². The molecule has 9 heteroatoms. The number of methoxy groups -OCH3 is 1. The summed E-state index contributed by atoms with van der Waals surface area (Å²) >= 11 is 0. The number of amides is 1. The quantitative estimate of drug-likeness (QED) is 0.536. The molecule has 3 aromatic carbocycles. The number of rotatable bonds is 6. The maximum Gasteiger partial charge on any atom is 0.264 e. The van der Waals surface area contributed by atoms with E-state index in [1.54, 1.807) is 59.5 Å². The molecule has 0 aromatic heterocycles. The fourth-order valence-electron chi connectivity index (χ4n) is 3.90. The Labute approximate surface area is 199 Å². The van der Waals surface area contributed by atoms with Crippen LogP contribution in [0.2, 0.25) is 0 Å². The second-order valence-corrected chi connectivity index (χ2v) is 9.89. The van der Waals surface area contributed by atoms with Crippen LogP contribution in [0.1, 0.15) is 10.4 Å². The van der Waals surface area contributed by atoms with Gasteiger partial charge in [0.1, 0.15) is 11.6 Å². The van der Waals surface area contributed by atoms with E-state index >= 15 is 0 Å². The average molecular weight is 484 g/mol. The van der Waals surface area contributed by atoms with Gasteiger partial charge in [0, 0.05) is 38.8 Å². The summed E-state index contributed by atoms with van der Waals surface area (Å²) in [6.45, 7) is 2.02. The summed E-state index contributed by atoms with van der Waals surface area (Å²) in [6, 6.07) is 19.3. The van der Waals surface area contributed by atoms with Crippen molar-refractivity contribution < 1.29 is 22.3 Å². The van der Waals surface area contributed by atoms with Crippen molar-refractivity contribution in [3.63, 3.8) is 0 Å². The van der Waals surface area contributed by atoms with Gasteiger partial charge in [0.15, 0.2) is 0 Å². The first kappa shape index (κ1) is 23.6. The molecule has 0 saturated carbocycles. The predicted octanol–water partition coefficient (Wildman–Crippen LogP) is 3.62. The number of carbonyl (C=O) groups is 1. The molecule has 1 saturated heterocycles. The fraction of sp³-hybridized carbons (Fsp3) is 0.240. The van der Waals surface area contributed by atoms with Crippen molar-refractivity contribution in [2.75, 3.05) is 49.5 Å². The van der Waals surface area contributed by atoms with Crippen molar-refractivity contribution in [1.29, 1.82) is 0 Å². The van der Waals surface area contributed by atoms with Crippen LogP contribution < -0.4 is 13.9 Å². The summed E-state index contributed by atoms with van der Waals surface area (Å²) in [5.74, 6) is 0.159. The highest BCUT2D eigenvalue weighted by molar-refractivity contribution is 7.92. The lowest BCUT2D eigenvalue weighted by Crippen LogP contribution is -2.49. The van der Waals surface area contributed by atoms with Gasteiger partial charge in [-0.2, -0.15) is 0 Å². The third-order valence-electron chi connectivity index (χ3n) is 5.96. The van der Waals surface area contributed by atoms with Crippen LogP contribution in [0.25, 0.3) is 0 Å². The Bertz CT molecular complexity index is 1260. The van der Waals surface area contributed by atoms with Gasteiger partial charge in [-0.05, 0) is 60.7 Å². The molecular weight excluding hydrogens is 457 g/mol. The monoisotopic (exact) mass is 483 g/mol. The van der Waals surface area contributed by atoms with Gasteiger partial charge in [-0.25, -0.2) is 12.8 Å². The normalized spacial score (nSPS) is 14.1. The number of carbonyl (C=O) groups excluding carboxylic acids is 1. The summed E-state index contributed by atoms with van der Waals surface area (Å²) in [5.41, 5.74) is 1.45. The second-order valence-electron chi connectivity index (χ2n) is 7.93. The van der Waals surface area contributed by atoms with Gasteiger partial charge in [-0.1, -0.05) is 12.1 Å². The summed E-state index contributed by atoms with van der Waals surface area (Å²) in [5, 5.41) is 0. The van der Waals surface area contributed by atoms with E-state index in [4.69, 9.17) is 4.74 Å². The molecule has 1 amide bonds. The van der Waals surface area contributed by atoms with Crippen LogP contribution in [0, 0.1) is 5.82 Å². The number of halogens is 1. The minimum atomic E-state index is -3.76. The number of ether oxygens (including phenoxy) is 1. The van der Waals surface area contributed by atoms with Crippen molar-refractivity contribution in [1.82, 2.24) is 4.90 Å². The van der Waals surface area contributed by atoms with Gasteiger partial charge in [-0.15, -0.1) is 0 Å². The third-order valence-corrected chi connectivity index (χ3v) is 7.76. The molecule has 34 heavy (non-hydrogen) atoms. The van der Waals surface area contributed by atoms with Gasteiger partial charge in [0.25, 0.3) is 15.9 Å². The van der Waals surface area contributed by atoms with Crippen LogP contribution in [-0.4, -0.2) is 59.6 Å². The topological polar surface area (TPSA) is 70.2 Å². The molecule has 0 radical (unpaired) electrons. The average Bonchev–Trinajstić information content (AvgIpc) is 2.88. The van der Waals surface area contributed by atoms with Crippen LogP contribution in [0.3, 0.4) is 0 Å². The SMILES string of the molecule is COc1ccc(S(=O)(=O)N(C)c2ccc(C(=O)N3CCN(c4ccccc4F)CC3)cc2)cc1. The minimum absolute atomic E-state index is 0.139. The van der Waals surface area contributed by atoms with E-state index in [-0.39, 0.29) is 16.6 Å². The lowest BCUT2D eigenvalue weighted by molar-refractivity contribution is 0.0746. The van der Waals surface area contributed by atoms with Crippen molar-refractivity contribution in [2.45, 2.75) is 4.90 Å². The Morgan fingerprint density at radius 1 is 0.912 bits per heavy atom. The van der Waals surface area contributed by atoms with E-state index in [1.165, 1.54) is 36.7 Å². The minimum Gasteiger partial charge on any atom is -0.497 e. The first-order valence-corrected chi connectivity index (χ1v) is 12.3. The lowest BCUT2D eigenvalue weighted by Gasteiger charge is -2.36. The second kappa shape index (κ2) is 9.72. The Balaban J connectivity index is 1.42. The fourth-order valence-corrected chi connectivity index (χ4v) is 5.10. The van der Waals surface area contributed by atoms with E-state index in [0.29, 0.717) is 48.9 Å². The molecule has 0 atom stereocenters. The van der Waals surface area contributed by atoms with Gasteiger partial charge in [0.2, 0.25) is 0 Å². The first-order chi connectivity index (χ1) is 16.3. The van der Waals surface area contributed by atoms with Gasteiger partial charge in [0.05, 0.1) is 23.4 Å². The van der Waals surface area contributed by atoms with Gasteiger partial charge >= 0.3 is 0 Å². The Hall–Kier alpha value is -3.59. The number of sulfonamides is 1. The summed E-state index contributed by atoms with van der Waals surface area (Å²) < 4.78 is 46.2. The molecule has 0 unspecified atom stereocenters. The molecule has 0 aliphatic carbocycles. The van der Waals surface area contributed by atoms with Crippen molar-refractivity contribution in [3.8, 4) is 5.75 Å². The Morgan fingerprint density at radius 3 is 2.12 bits per heavy atom. The van der Waals surface area contributed by atoms with Gasteiger partial charge < -0.3 is 14.5 Å². The molecule has 4 rings (SSSR count). The number of anilines is 2. The molecule has 1 aliphatic rings. The highest BCUT2D eigenvalue weighted by atomic mass is 32.2. The van der Waals surface area contributed by atoms with E-state index in [1.807, 2.05) is 4.90 Å². The predicted molar refractivity (Wildman–Crippen MR) is 130 cm³/mol. The lowest BCUT2D eigenvalue weighted by atomic mass is 10.1. The highest BCUT2D eigenvalue weighted by Gasteiger charge is 2.25. The van der Waals surface area contributed by atoms with E-state index < -0.39 is 10.0 Å². The zero-order valence-electron chi connectivity index (χ0n) is 19.0. The Kier molecular flexibility index (Phi) is 6.74. The summed E-state index contributed by atoms with van der Waals surface area (Å²) in [4.78, 5) is 16.8. The zero-order valence-corrected chi connectivity index (χ0v) is 19.8. The molecule has 7 nitrogen and oxygen atoms in total. The number of para-hydroxylation sites is 1. The number of nitrogens with zero attached hydrogens (tertiary/aromatic N) is 3. The number of hydrogen-bond acceptors (Lipinski definition) is 5. The maximum atomic E-state index is 14.0. The summed E-state index contributed by atoms with van der Waals surface area (Å²) in [6.07, 6.45) is 0. The number of benzene rings is 3. The molecule has 1 fully saturated rings. The molecule has 0 spiro atoms. The molecule has 1 aliphatic heterocycles. The van der Waals surface area contributed by atoms with Crippen LogP contribution in [0.4, 0.5) is 15.8 Å². The zero-order chi connectivity index (χ0) is 24.3. The van der Waals surface area contributed by atoms with Crippen LogP contribution in [0.15, 0.2) is 77.7 Å². The summed E-state index contributed by atoms with van der Waals surface area (Å²) in [7, 11) is -0.774. The first-order valence-electron chi connectivity index (χ1n) is 10.8. The van der Waals surface area contributed by atoms with Crippen LogP contribution in [-0.2, 0) is 10.0 Å².